The molecule has 2 aromatic carbocycles. The van der Waals surface area contributed by atoms with Crippen molar-refractivity contribution in [2.75, 3.05) is 0 Å². The molecule has 4 aromatic rings. The summed E-state index contributed by atoms with van der Waals surface area (Å²) in [5.74, 6) is 0.631. The fourth-order valence-corrected chi connectivity index (χ4v) is 2.83. The number of hydrogen-bond acceptors (Lipinski definition) is 5. The second-order valence-corrected chi connectivity index (χ2v) is 6.33. The molecule has 0 atom stereocenters. The Balaban J connectivity index is 1.39. The van der Waals surface area contributed by atoms with Crippen molar-refractivity contribution in [1.82, 2.24) is 20.4 Å². The van der Waals surface area contributed by atoms with Crippen LogP contribution in [0.25, 0.3) is 22.6 Å². The summed E-state index contributed by atoms with van der Waals surface area (Å²) >= 11 is 0. The lowest BCUT2D eigenvalue weighted by atomic mass is 10.0. The molecule has 1 amide bonds. The Labute approximate surface area is 162 Å². The van der Waals surface area contributed by atoms with Crippen molar-refractivity contribution < 1.29 is 9.32 Å². The molecule has 138 valence electrons. The van der Waals surface area contributed by atoms with E-state index in [0.717, 1.165) is 22.4 Å². The minimum absolute atomic E-state index is 0.187. The molecule has 4 rings (SSSR count). The van der Waals surface area contributed by atoms with Crippen LogP contribution in [-0.4, -0.2) is 21.0 Å². The molecule has 2 heterocycles. The van der Waals surface area contributed by atoms with Crippen LogP contribution < -0.4 is 5.32 Å². The molecule has 0 fully saturated rings. The normalized spacial score (nSPS) is 10.6. The number of aryl methyl sites for hydroxylation is 1. The van der Waals surface area contributed by atoms with E-state index < -0.39 is 0 Å². The smallest absolute Gasteiger partial charge is 0.258 e. The number of rotatable bonds is 5. The fourth-order valence-electron chi connectivity index (χ4n) is 2.83. The molecule has 0 saturated heterocycles. The maximum absolute atomic E-state index is 12.4. The van der Waals surface area contributed by atoms with Crippen LogP contribution in [-0.2, 0) is 6.54 Å². The van der Waals surface area contributed by atoms with Crippen molar-refractivity contribution in [3.05, 3.63) is 90.0 Å². The Hall–Kier alpha value is -3.80. The summed E-state index contributed by atoms with van der Waals surface area (Å²) in [6, 6.07) is 21.2. The van der Waals surface area contributed by atoms with Crippen LogP contribution in [0.5, 0.6) is 0 Å². The third-order valence-corrected chi connectivity index (χ3v) is 4.27. The third kappa shape index (κ3) is 3.96. The molecule has 1 N–H and O–H groups in total. The van der Waals surface area contributed by atoms with Crippen LogP contribution in [0.3, 0.4) is 0 Å². The molecular formula is C22H18N4O2. The highest BCUT2D eigenvalue weighted by atomic mass is 16.5. The van der Waals surface area contributed by atoms with Gasteiger partial charge in [0.1, 0.15) is 0 Å². The van der Waals surface area contributed by atoms with Gasteiger partial charge in [-0.1, -0.05) is 47.6 Å². The standard InChI is InChI=1S/C22H18N4O2/c1-15-13-19(11-12-23-15)22-25-20(26-28-22)14-24-21(27)18-9-7-17(8-10-18)16-5-3-2-4-6-16/h2-13H,14H2,1H3,(H,24,27). The van der Waals surface area contributed by atoms with Gasteiger partial charge in [0.2, 0.25) is 0 Å². The fraction of sp³-hybridized carbons (Fsp3) is 0.0909. The van der Waals surface area contributed by atoms with E-state index in [2.05, 4.69) is 20.4 Å². The molecule has 28 heavy (non-hydrogen) atoms. The quantitative estimate of drug-likeness (QED) is 0.573. The first kappa shape index (κ1) is 17.6. The van der Waals surface area contributed by atoms with Crippen molar-refractivity contribution in [3.8, 4) is 22.6 Å². The van der Waals surface area contributed by atoms with Gasteiger partial charge in [-0.2, -0.15) is 4.98 Å². The van der Waals surface area contributed by atoms with E-state index in [-0.39, 0.29) is 12.5 Å². The average Bonchev–Trinajstić information content (AvgIpc) is 3.22. The van der Waals surface area contributed by atoms with E-state index in [4.69, 9.17) is 4.52 Å². The van der Waals surface area contributed by atoms with Crippen LogP contribution in [0.2, 0.25) is 0 Å². The van der Waals surface area contributed by atoms with Gasteiger partial charge in [-0.3, -0.25) is 9.78 Å². The van der Waals surface area contributed by atoms with Crippen LogP contribution in [0.4, 0.5) is 0 Å². The van der Waals surface area contributed by atoms with Gasteiger partial charge in [-0.05, 0) is 42.3 Å². The summed E-state index contributed by atoms with van der Waals surface area (Å²) in [5, 5.41) is 6.73. The maximum atomic E-state index is 12.4. The van der Waals surface area contributed by atoms with Gasteiger partial charge < -0.3 is 9.84 Å². The predicted octanol–water partition coefficient (Wildman–Crippen LogP) is 4.04. The Bertz CT molecular complexity index is 1090. The maximum Gasteiger partial charge on any atom is 0.258 e. The zero-order valence-corrected chi connectivity index (χ0v) is 15.3. The van der Waals surface area contributed by atoms with Crippen LogP contribution in [0.15, 0.2) is 77.4 Å². The number of carbonyl (C=O) groups excluding carboxylic acids is 1. The van der Waals surface area contributed by atoms with Crippen molar-refractivity contribution in [3.63, 3.8) is 0 Å². The summed E-state index contributed by atoms with van der Waals surface area (Å²) in [5.41, 5.74) is 4.42. The van der Waals surface area contributed by atoms with Crippen LogP contribution >= 0.6 is 0 Å². The van der Waals surface area contributed by atoms with E-state index >= 15 is 0 Å². The minimum Gasteiger partial charge on any atom is -0.345 e. The van der Waals surface area contributed by atoms with Gasteiger partial charge in [0.15, 0.2) is 5.82 Å². The number of aromatic nitrogens is 3. The highest BCUT2D eigenvalue weighted by Crippen LogP contribution is 2.19. The van der Waals surface area contributed by atoms with Crippen LogP contribution in [0, 0.1) is 6.92 Å². The molecule has 0 aliphatic rings. The highest BCUT2D eigenvalue weighted by molar-refractivity contribution is 5.94. The van der Waals surface area contributed by atoms with E-state index in [1.54, 1.807) is 24.4 Å². The van der Waals surface area contributed by atoms with Gasteiger partial charge in [-0.25, -0.2) is 0 Å². The molecule has 0 aliphatic heterocycles. The van der Waals surface area contributed by atoms with E-state index in [1.807, 2.05) is 55.5 Å². The first-order valence-electron chi connectivity index (χ1n) is 8.88. The monoisotopic (exact) mass is 370 g/mol. The van der Waals surface area contributed by atoms with Crippen molar-refractivity contribution in [2.45, 2.75) is 13.5 Å². The zero-order valence-electron chi connectivity index (χ0n) is 15.3. The molecule has 0 saturated carbocycles. The van der Waals surface area contributed by atoms with Gasteiger partial charge in [0, 0.05) is 23.0 Å². The zero-order chi connectivity index (χ0) is 19.3. The first-order chi connectivity index (χ1) is 13.7. The molecule has 0 aliphatic carbocycles. The molecule has 2 aromatic heterocycles. The number of amides is 1. The number of hydrogen-bond donors (Lipinski definition) is 1. The lowest BCUT2D eigenvalue weighted by Gasteiger charge is -2.05. The van der Waals surface area contributed by atoms with E-state index in [9.17, 15) is 4.79 Å². The summed E-state index contributed by atoms with van der Waals surface area (Å²) in [6.45, 7) is 2.08. The number of benzene rings is 2. The van der Waals surface area contributed by atoms with Crippen molar-refractivity contribution in [1.29, 1.82) is 0 Å². The molecule has 6 nitrogen and oxygen atoms in total. The summed E-state index contributed by atoms with van der Waals surface area (Å²) in [4.78, 5) is 20.8. The Kier molecular flexibility index (Phi) is 4.93. The molecule has 0 spiro atoms. The second kappa shape index (κ2) is 7.84. The van der Waals surface area contributed by atoms with Gasteiger partial charge in [0.05, 0.1) is 6.54 Å². The molecular weight excluding hydrogens is 352 g/mol. The van der Waals surface area contributed by atoms with E-state index in [1.165, 1.54) is 0 Å². The SMILES string of the molecule is Cc1cc(-c2nc(CNC(=O)c3ccc(-c4ccccc4)cc3)no2)ccn1. The van der Waals surface area contributed by atoms with Gasteiger partial charge in [0.25, 0.3) is 11.8 Å². The lowest BCUT2D eigenvalue weighted by molar-refractivity contribution is 0.0949. The van der Waals surface area contributed by atoms with Gasteiger partial charge in [-0.15, -0.1) is 0 Å². The molecule has 0 bridgehead atoms. The first-order valence-corrected chi connectivity index (χ1v) is 8.88. The molecule has 0 radical (unpaired) electrons. The topological polar surface area (TPSA) is 80.9 Å². The number of pyridine rings is 1. The Morgan fingerprint density at radius 1 is 0.964 bits per heavy atom. The average molecular weight is 370 g/mol. The number of carbonyl (C=O) groups is 1. The predicted molar refractivity (Wildman–Crippen MR) is 105 cm³/mol. The third-order valence-electron chi connectivity index (χ3n) is 4.27. The Morgan fingerprint density at radius 2 is 1.71 bits per heavy atom. The second-order valence-electron chi connectivity index (χ2n) is 6.33. The van der Waals surface area contributed by atoms with Crippen molar-refractivity contribution in [2.24, 2.45) is 0 Å². The minimum atomic E-state index is -0.189. The highest BCUT2D eigenvalue weighted by Gasteiger charge is 2.11. The Morgan fingerprint density at radius 3 is 2.46 bits per heavy atom. The lowest BCUT2D eigenvalue weighted by Crippen LogP contribution is -2.23. The molecule has 6 heteroatoms. The largest absolute Gasteiger partial charge is 0.345 e. The van der Waals surface area contributed by atoms with E-state index in [0.29, 0.717) is 17.3 Å². The number of nitrogens with zero attached hydrogens (tertiary/aromatic N) is 3. The summed E-state index contributed by atoms with van der Waals surface area (Å²) in [6.07, 6.45) is 1.69. The van der Waals surface area contributed by atoms with Crippen LogP contribution in [0.1, 0.15) is 21.9 Å². The summed E-state index contributed by atoms with van der Waals surface area (Å²) < 4.78 is 5.27. The molecule has 0 unspecified atom stereocenters. The van der Waals surface area contributed by atoms with Crippen molar-refractivity contribution >= 4 is 5.91 Å². The summed E-state index contributed by atoms with van der Waals surface area (Å²) in [7, 11) is 0. The number of nitrogens with one attached hydrogen (secondary N) is 1. The van der Waals surface area contributed by atoms with Gasteiger partial charge >= 0.3 is 0 Å².